The van der Waals surface area contributed by atoms with Gasteiger partial charge in [0.25, 0.3) is 0 Å². The van der Waals surface area contributed by atoms with Gasteiger partial charge in [-0.05, 0) is 41.5 Å². The van der Waals surface area contributed by atoms with Crippen LogP contribution in [0.4, 0.5) is 0 Å². The van der Waals surface area contributed by atoms with Crippen LogP contribution in [0.15, 0.2) is 21.7 Å². The molecule has 0 aliphatic carbocycles. The molecule has 0 aliphatic rings. The van der Waals surface area contributed by atoms with Crippen LogP contribution < -0.4 is 10.9 Å². The second-order valence-corrected chi connectivity index (χ2v) is 5.84. The molecule has 0 saturated heterocycles. The number of pyridine rings is 2. The smallest absolute Gasteiger partial charge is 0.184 e. The Bertz CT molecular complexity index is 742. The van der Waals surface area contributed by atoms with Gasteiger partial charge in [-0.3, -0.25) is 9.59 Å². The summed E-state index contributed by atoms with van der Waals surface area (Å²) in [5.41, 5.74) is 6.09. The molecule has 2 rings (SSSR count). The van der Waals surface area contributed by atoms with Gasteiger partial charge in [0.1, 0.15) is 0 Å². The topological polar surface area (TPSA) is 44.0 Å². The first-order valence-corrected chi connectivity index (χ1v) is 7.35. The van der Waals surface area contributed by atoms with Crippen molar-refractivity contribution in [3.05, 3.63) is 66.5 Å². The Hall–Kier alpha value is -2.10. The summed E-state index contributed by atoms with van der Waals surface area (Å²) < 4.78 is 4.05. The van der Waals surface area contributed by atoms with Crippen LogP contribution in [0.1, 0.15) is 33.9 Å². The minimum Gasteiger partial charge on any atom is -0.352 e. The summed E-state index contributed by atoms with van der Waals surface area (Å²) in [5, 5.41) is 0. The van der Waals surface area contributed by atoms with Crippen LogP contribution in [0.3, 0.4) is 0 Å². The third-order valence-electron chi connectivity index (χ3n) is 4.57. The quantitative estimate of drug-likeness (QED) is 0.751. The molecule has 0 fully saturated rings. The van der Waals surface area contributed by atoms with Crippen molar-refractivity contribution in [2.24, 2.45) is 14.1 Å². The lowest BCUT2D eigenvalue weighted by Crippen LogP contribution is -2.14. The Balaban J connectivity index is 0.000000220. The fourth-order valence-electron chi connectivity index (χ4n) is 2.18. The predicted octanol–water partition coefficient (Wildman–Crippen LogP) is 2.62. The van der Waals surface area contributed by atoms with E-state index >= 15 is 0 Å². The van der Waals surface area contributed by atoms with Gasteiger partial charge < -0.3 is 9.13 Å². The molecule has 120 valence electrons. The zero-order chi connectivity index (χ0) is 17.2. The summed E-state index contributed by atoms with van der Waals surface area (Å²) in [6.07, 6.45) is 0. The monoisotopic (exact) mass is 302 g/mol. The molecule has 2 aromatic rings. The summed E-state index contributed by atoms with van der Waals surface area (Å²) in [6.45, 7) is 11.5. The van der Waals surface area contributed by atoms with Crippen LogP contribution in [0, 0.1) is 41.5 Å². The molecule has 0 N–H and O–H groups in total. The average Bonchev–Trinajstić information content (AvgIpc) is 2.47. The maximum atomic E-state index is 11.2. The molecule has 0 saturated carbocycles. The molecule has 0 radical (unpaired) electrons. The van der Waals surface area contributed by atoms with Gasteiger partial charge in [0.05, 0.1) is 0 Å². The molecule has 0 unspecified atom stereocenters. The van der Waals surface area contributed by atoms with Crippen molar-refractivity contribution in [3.63, 3.8) is 0 Å². The molecule has 4 heteroatoms. The number of aryl methyl sites for hydroxylation is 2. The molecular weight excluding hydrogens is 276 g/mol. The Morgan fingerprint density at radius 1 is 0.636 bits per heavy atom. The summed E-state index contributed by atoms with van der Waals surface area (Å²) in [6, 6.07) is 3.34. The van der Waals surface area contributed by atoms with Crippen LogP contribution in [0.5, 0.6) is 0 Å². The normalized spacial score (nSPS) is 10.2. The molecule has 2 heterocycles. The van der Waals surface area contributed by atoms with E-state index in [0.717, 1.165) is 33.9 Å². The molecule has 4 nitrogen and oxygen atoms in total. The van der Waals surface area contributed by atoms with E-state index in [9.17, 15) is 9.59 Å². The molecule has 22 heavy (non-hydrogen) atoms. The van der Waals surface area contributed by atoms with Gasteiger partial charge in [-0.25, -0.2) is 0 Å². The average molecular weight is 302 g/mol. The summed E-state index contributed by atoms with van der Waals surface area (Å²) in [5.74, 6) is 0. The van der Waals surface area contributed by atoms with Crippen LogP contribution >= 0.6 is 0 Å². The first kappa shape index (κ1) is 18.0. The van der Waals surface area contributed by atoms with Crippen molar-refractivity contribution in [3.8, 4) is 0 Å². The van der Waals surface area contributed by atoms with E-state index in [2.05, 4.69) is 0 Å². The SMILES string of the molecule is Cc1c(C)n(C)c(C)cc1=O.Cc1c(C)n(C)c(C)cc1=O. The van der Waals surface area contributed by atoms with Crippen molar-refractivity contribution in [1.82, 2.24) is 9.13 Å². The largest absolute Gasteiger partial charge is 0.352 e. The standard InChI is InChI=1S/2C9H13NO/c2*1-6-5-9(11)7(2)8(3)10(6)4/h2*5H,1-4H3. The van der Waals surface area contributed by atoms with Gasteiger partial charge in [0.15, 0.2) is 10.9 Å². The first-order valence-electron chi connectivity index (χ1n) is 7.35. The minimum atomic E-state index is 0.137. The highest BCUT2D eigenvalue weighted by Gasteiger charge is 2.02. The highest BCUT2D eigenvalue weighted by Crippen LogP contribution is 2.03. The number of hydrogen-bond donors (Lipinski definition) is 0. The number of hydrogen-bond acceptors (Lipinski definition) is 2. The number of aromatic nitrogens is 2. The molecule has 0 aliphatic heterocycles. The van der Waals surface area contributed by atoms with E-state index < -0.39 is 0 Å². The zero-order valence-corrected chi connectivity index (χ0v) is 14.9. The maximum absolute atomic E-state index is 11.2. The number of nitrogens with zero attached hydrogens (tertiary/aromatic N) is 2. The van der Waals surface area contributed by atoms with E-state index in [-0.39, 0.29) is 10.9 Å². The Morgan fingerprint density at radius 3 is 1.18 bits per heavy atom. The van der Waals surface area contributed by atoms with Crippen LogP contribution in [-0.4, -0.2) is 9.13 Å². The predicted molar refractivity (Wildman–Crippen MR) is 91.8 cm³/mol. The lowest BCUT2D eigenvalue weighted by molar-refractivity contribution is 0.802. The molecule has 0 bridgehead atoms. The van der Waals surface area contributed by atoms with Gasteiger partial charge in [0.2, 0.25) is 0 Å². The minimum absolute atomic E-state index is 0.137. The molecule has 0 aromatic carbocycles. The molecule has 0 amide bonds. The number of rotatable bonds is 0. The Labute approximate surface area is 132 Å². The van der Waals surface area contributed by atoms with Gasteiger partial charge in [0, 0.05) is 60.1 Å². The molecule has 2 aromatic heterocycles. The Kier molecular flexibility index (Phi) is 5.53. The van der Waals surface area contributed by atoms with Crippen LogP contribution in [0.2, 0.25) is 0 Å². The van der Waals surface area contributed by atoms with E-state index in [1.165, 1.54) is 0 Å². The van der Waals surface area contributed by atoms with Crippen LogP contribution in [-0.2, 0) is 14.1 Å². The highest BCUT2D eigenvalue weighted by atomic mass is 16.1. The third kappa shape index (κ3) is 3.56. The van der Waals surface area contributed by atoms with E-state index in [1.54, 1.807) is 12.1 Å². The van der Waals surface area contributed by atoms with Crippen molar-refractivity contribution in [2.75, 3.05) is 0 Å². The van der Waals surface area contributed by atoms with Gasteiger partial charge in [-0.15, -0.1) is 0 Å². The second-order valence-electron chi connectivity index (χ2n) is 5.84. The van der Waals surface area contributed by atoms with E-state index in [4.69, 9.17) is 0 Å². The van der Waals surface area contributed by atoms with Gasteiger partial charge >= 0.3 is 0 Å². The third-order valence-corrected chi connectivity index (χ3v) is 4.57. The lowest BCUT2D eigenvalue weighted by Gasteiger charge is -2.09. The molecule has 0 spiro atoms. The van der Waals surface area contributed by atoms with Crippen molar-refractivity contribution >= 4 is 0 Å². The summed E-state index contributed by atoms with van der Waals surface area (Å²) in [4.78, 5) is 22.4. The maximum Gasteiger partial charge on any atom is 0.184 e. The van der Waals surface area contributed by atoms with E-state index in [0.29, 0.717) is 0 Å². The first-order chi connectivity index (χ1) is 10.1. The zero-order valence-electron chi connectivity index (χ0n) is 14.9. The highest BCUT2D eigenvalue weighted by molar-refractivity contribution is 5.22. The van der Waals surface area contributed by atoms with Gasteiger partial charge in [-0.2, -0.15) is 0 Å². The molecule has 0 atom stereocenters. The summed E-state index contributed by atoms with van der Waals surface area (Å²) >= 11 is 0. The fourth-order valence-corrected chi connectivity index (χ4v) is 2.18. The van der Waals surface area contributed by atoms with Crippen LogP contribution in [0.25, 0.3) is 0 Å². The second kappa shape index (κ2) is 6.77. The van der Waals surface area contributed by atoms with E-state index in [1.807, 2.05) is 64.8 Å². The Morgan fingerprint density at radius 2 is 0.909 bits per heavy atom. The van der Waals surface area contributed by atoms with Crippen molar-refractivity contribution in [2.45, 2.75) is 41.5 Å². The fraction of sp³-hybridized carbons (Fsp3) is 0.444. The summed E-state index contributed by atoms with van der Waals surface area (Å²) in [7, 11) is 3.94. The lowest BCUT2D eigenvalue weighted by atomic mass is 10.2. The van der Waals surface area contributed by atoms with Crippen molar-refractivity contribution < 1.29 is 0 Å². The molecular formula is C18H26N2O2. The van der Waals surface area contributed by atoms with Crippen molar-refractivity contribution in [1.29, 1.82) is 0 Å². The van der Waals surface area contributed by atoms with Gasteiger partial charge in [-0.1, -0.05) is 0 Å².